The van der Waals surface area contributed by atoms with Gasteiger partial charge in [-0.15, -0.1) is 0 Å². The number of ether oxygens (including phenoxy) is 3. The zero-order valence-corrected chi connectivity index (χ0v) is 23.5. The molecule has 220 valence electrons. The Bertz CT molecular complexity index is 1370. The number of methoxy groups -OCH3 is 1. The van der Waals surface area contributed by atoms with E-state index in [4.69, 9.17) is 14.2 Å². The van der Waals surface area contributed by atoms with Gasteiger partial charge in [0, 0.05) is 5.56 Å². The number of carbonyl (C=O) groups is 2. The molecule has 11 heteroatoms. The van der Waals surface area contributed by atoms with Crippen molar-refractivity contribution in [3.63, 3.8) is 0 Å². The van der Waals surface area contributed by atoms with Crippen LogP contribution in [0.15, 0.2) is 54.6 Å². The van der Waals surface area contributed by atoms with Crippen LogP contribution in [-0.2, 0) is 16.1 Å². The van der Waals surface area contributed by atoms with Gasteiger partial charge in [0.2, 0.25) is 0 Å². The molecular formula is C30H34F2N2O7. The van der Waals surface area contributed by atoms with Crippen molar-refractivity contribution in [2.24, 2.45) is 0 Å². The average molecular weight is 573 g/mol. The van der Waals surface area contributed by atoms with E-state index in [2.05, 4.69) is 5.43 Å². The molecule has 0 saturated carbocycles. The zero-order chi connectivity index (χ0) is 30.3. The number of aryl methyl sites for hydroxylation is 1. The van der Waals surface area contributed by atoms with E-state index in [1.807, 2.05) is 0 Å². The Morgan fingerprint density at radius 2 is 1.71 bits per heavy atom. The highest BCUT2D eigenvalue weighted by molar-refractivity contribution is 5.96. The summed E-state index contributed by atoms with van der Waals surface area (Å²) in [7, 11) is 1.21. The Morgan fingerprint density at radius 1 is 1.05 bits per heavy atom. The van der Waals surface area contributed by atoms with Gasteiger partial charge in [0.25, 0.3) is 0 Å². The number of para-hydroxylation sites is 1. The van der Waals surface area contributed by atoms with E-state index in [1.165, 1.54) is 13.2 Å². The summed E-state index contributed by atoms with van der Waals surface area (Å²) >= 11 is 0. The van der Waals surface area contributed by atoms with Gasteiger partial charge in [0.15, 0.2) is 11.6 Å². The summed E-state index contributed by atoms with van der Waals surface area (Å²) in [6.45, 7) is 5.68. The number of hydrogen-bond donors (Lipinski definition) is 3. The highest BCUT2D eigenvalue weighted by Gasteiger charge is 2.27. The Balaban J connectivity index is 1.89. The molecule has 9 nitrogen and oxygen atoms in total. The predicted molar refractivity (Wildman–Crippen MR) is 148 cm³/mol. The summed E-state index contributed by atoms with van der Waals surface area (Å²) in [4.78, 5) is 25.5. The third kappa shape index (κ3) is 8.38. The SMILES string of the molecule is COC(=O)c1cccc(COc2ccc(-c3cc(F)c(F)cc3C)cc2)c1NN(C[C@@H](O)CO)C(=O)OC(C)(C)C. The molecule has 0 bridgehead atoms. The number of benzene rings is 3. The van der Waals surface area contributed by atoms with Crippen LogP contribution in [0.1, 0.15) is 42.3 Å². The quantitative estimate of drug-likeness (QED) is 0.224. The number of nitrogens with zero attached hydrogens (tertiary/aromatic N) is 1. The van der Waals surface area contributed by atoms with Gasteiger partial charge in [-0.25, -0.2) is 23.4 Å². The van der Waals surface area contributed by atoms with Crippen molar-refractivity contribution in [1.29, 1.82) is 0 Å². The Labute approximate surface area is 237 Å². The molecule has 0 aliphatic heterocycles. The first-order chi connectivity index (χ1) is 19.3. The molecule has 0 spiro atoms. The molecule has 1 atom stereocenters. The monoisotopic (exact) mass is 572 g/mol. The highest BCUT2D eigenvalue weighted by Crippen LogP contribution is 2.29. The summed E-state index contributed by atoms with van der Waals surface area (Å²) in [5.74, 6) is -2.10. The minimum absolute atomic E-state index is 0.0541. The fourth-order valence-electron chi connectivity index (χ4n) is 3.87. The molecular weight excluding hydrogens is 538 g/mol. The van der Waals surface area contributed by atoms with Gasteiger partial charge in [-0.1, -0.05) is 24.3 Å². The van der Waals surface area contributed by atoms with Crippen molar-refractivity contribution in [3.05, 3.63) is 82.9 Å². The second-order valence-electron chi connectivity index (χ2n) is 10.3. The first-order valence-corrected chi connectivity index (χ1v) is 12.8. The maximum atomic E-state index is 13.8. The second-order valence-corrected chi connectivity index (χ2v) is 10.3. The van der Waals surface area contributed by atoms with Gasteiger partial charge < -0.3 is 24.4 Å². The van der Waals surface area contributed by atoms with Crippen molar-refractivity contribution >= 4 is 17.7 Å². The number of hydrazine groups is 1. The number of hydrogen-bond acceptors (Lipinski definition) is 8. The number of aliphatic hydroxyl groups is 2. The van der Waals surface area contributed by atoms with E-state index in [0.717, 1.165) is 17.1 Å². The molecule has 0 radical (unpaired) electrons. The number of carbonyl (C=O) groups excluding carboxylic acids is 2. The van der Waals surface area contributed by atoms with E-state index < -0.39 is 42.0 Å². The molecule has 3 aromatic carbocycles. The molecule has 0 aliphatic rings. The average Bonchev–Trinajstić information content (AvgIpc) is 2.92. The number of rotatable bonds is 10. The fraction of sp³-hybridized carbons (Fsp3) is 0.333. The van der Waals surface area contributed by atoms with Crippen LogP contribution in [0.3, 0.4) is 0 Å². The van der Waals surface area contributed by atoms with Crippen LogP contribution in [-0.4, -0.2) is 59.3 Å². The van der Waals surface area contributed by atoms with Crippen LogP contribution in [0.25, 0.3) is 11.1 Å². The third-order valence-electron chi connectivity index (χ3n) is 5.85. The largest absolute Gasteiger partial charge is 0.489 e. The topological polar surface area (TPSA) is 118 Å². The number of amides is 1. The van der Waals surface area contributed by atoms with Crippen molar-refractivity contribution in [1.82, 2.24) is 5.01 Å². The van der Waals surface area contributed by atoms with Crippen LogP contribution in [0.4, 0.5) is 19.3 Å². The Morgan fingerprint density at radius 3 is 2.32 bits per heavy atom. The van der Waals surface area contributed by atoms with Crippen LogP contribution >= 0.6 is 0 Å². The molecule has 3 rings (SSSR count). The van der Waals surface area contributed by atoms with Crippen molar-refractivity contribution in [2.45, 2.75) is 46.0 Å². The maximum Gasteiger partial charge on any atom is 0.429 e. The summed E-state index contributed by atoms with van der Waals surface area (Å²) in [6.07, 6.45) is -2.14. The standard InChI is InChI=1S/C30H34F2N2O7/c1-18-13-25(31)26(32)14-24(18)19-9-11-22(12-10-19)40-17-20-7-6-8-23(28(37)39-5)27(20)33-34(15-21(36)16-35)29(38)41-30(2,3)4/h6-14,21,33,35-36H,15-17H2,1-5H3/t21-/m1/s1. The van der Waals surface area contributed by atoms with Crippen LogP contribution in [0, 0.1) is 18.6 Å². The van der Waals surface area contributed by atoms with Crippen LogP contribution in [0.2, 0.25) is 0 Å². The van der Waals surface area contributed by atoms with Crippen molar-refractivity contribution in [2.75, 3.05) is 25.7 Å². The predicted octanol–water partition coefficient (Wildman–Crippen LogP) is 5.22. The summed E-state index contributed by atoms with van der Waals surface area (Å²) in [6, 6.07) is 13.8. The summed E-state index contributed by atoms with van der Waals surface area (Å²) in [5.41, 5.74) is 4.48. The number of anilines is 1. The molecule has 41 heavy (non-hydrogen) atoms. The van der Waals surface area contributed by atoms with Gasteiger partial charge in [-0.3, -0.25) is 5.43 Å². The van der Waals surface area contributed by atoms with Gasteiger partial charge in [0.05, 0.1) is 37.6 Å². The molecule has 3 aromatic rings. The lowest BCUT2D eigenvalue weighted by atomic mass is 10.0. The zero-order valence-electron chi connectivity index (χ0n) is 23.5. The first-order valence-electron chi connectivity index (χ1n) is 12.8. The molecule has 0 unspecified atom stereocenters. The Kier molecular flexibility index (Phi) is 10.3. The minimum Gasteiger partial charge on any atom is -0.489 e. The minimum atomic E-state index is -1.29. The van der Waals surface area contributed by atoms with Crippen molar-refractivity contribution < 1.29 is 42.8 Å². The lowest BCUT2D eigenvalue weighted by Gasteiger charge is -2.30. The highest BCUT2D eigenvalue weighted by atomic mass is 19.2. The molecule has 0 saturated heterocycles. The fourth-order valence-corrected chi connectivity index (χ4v) is 3.87. The number of esters is 1. The molecule has 0 aromatic heterocycles. The van der Waals surface area contributed by atoms with Crippen LogP contribution in [0.5, 0.6) is 5.75 Å². The molecule has 1 amide bonds. The third-order valence-corrected chi connectivity index (χ3v) is 5.85. The smallest absolute Gasteiger partial charge is 0.429 e. The molecule has 0 aliphatic carbocycles. The number of nitrogens with one attached hydrogen (secondary N) is 1. The number of halogens is 2. The molecule has 3 N–H and O–H groups in total. The van der Waals surface area contributed by atoms with E-state index in [1.54, 1.807) is 64.1 Å². The molecule has 0 fully saturated rings. The van der Waals surface area contributed by atoms with E-state index >= 15 is 0 Å². The Hall–Kier alpha value is -4.22. The second kappa shape index (κ2) is 13.4. The lowest BCUT2D eigenvalue weighted by molar-refractivity contribution is 0.0133. The first kappa shape index (κ1) is 31.3. The summed E-state index contributed by atoms with van der Waals surface area (Å²) < 4.78 is 43.6. The van der Waals surface area contributed by atoms with Gasteiger partial charge in [0.1, 0.15) is 18.0 Å². The van der Waals surface area contributed by atoms with Crippen molar-refractivity contribution in [3.8, 4) is 16.9 Å². The van der Waals surface area contributed by atoms with Gasteiger partial charge >= 0.3 is 12.1 Å². The normalized spacial score (nSPS) is 11.9. The van der Waals surface area contributed by atoms with Gasteiger partial charge in [-0.05, 0) is 74.7 Å². The maximum absolute atomic E-state index is 13.8. The summed E-state index contributed by atoms with van der Waals surface area (Å²) in [5, 5.41) is 20.4. The van der Waals surface area contributed by atoms with E-state index in [0.29, 0.717) is 28.0 Å². The molecule has 0 heterocycles. The number of aliphatic hydroxyl groups excluding tert-OH is 2. The van der Waals surface area contributed by atoms with Gasteiger partial charge in [-0.2, -0.15) is 0 Å². The van der Waals surface area contributed by atoms with E-state index in [9.17, 15) is 28.6 Å². The van der Waals surface area contributed by atoms with E-state index in [-0.39, 0.29) is 24.4 Å². The lowest BCUT2D eigenvalue weighted by Crippen LogP contribution is -2.45. The van der Waals surface area contributed by atoms with Crippen LogP contribution < -0.4 is 10.2 Å².